The maximum Gasteiger partial charge on any atom is 0.309 e. The van der Waals surface area contributed by atoms with Gasteiger partial charge in [-0.05, 0) is 45.2 Å². The van der Waals surface area contributed by atoms with Gasteiger partial charge in [-0.1, -0.05) is 6.42 Å². The molecule has 0 aromatic heterocycles. The van der Waals surface area contributed by atoms with Gasteiger partial charge in [0, 0.05) is 6.54 Å². The van der Waals surface area contributed by atoms with Gasteiger partial charge in [-0.25, -0.2) is 0 Å². The van der Waals surface area contributed by atoms with E-state index in [9.17, 15) is 9.90 Å². The summed E-state index contributed by atoms with van der Waals surface area (Å²) in [5, 5.41) is 9.76. The fraction of sp³-hybridized carbons (Fsp3) is 0.923. The highest BCUT2D eigenvalue weighted by Crippen LogP contribution is 2.26. The number of aliphatic hydroxyl groups excluding tert-OH is 1. The molecule has 2 rings (SSSR count). The summed E-state index contributed by atoms with van der Waals surface area (Å²) in [5.41, 5.74) is 0. The molecular formula is C13H23NO3. The fourth-order valence-electron chi connectivity index (χ4n) is 2.90. The molecule has 2 aliphatic rings. The van der Waals surface area contributed by atoms with Crippen molar-refractivity contribution in [3.05, 3.63) is 0 Å². The van der Waals surface area contributed by atoms with Crippen molar-refractivity contribution >= 4 is 5.97 Å². The number of ether oxygens (including phenoxy) is 1. The number of carbonyl (C=O) groups excluding carboxylic acids is 1. The molecule has 2 fully saturated rings. The van der Waals surface area contributed by atoms with E-state index in [0.29, 0.717) is 12.5 Å². The molecule has 4 nitrogen and oxygen atoms in total. The number of rotatable bonds is 5. The molecule has 3 atom stereocenters. The Hall–Kier alpha value is -0.610. The van der Waals surface area contributed by atoms with Crippen molar-refractivity contribution in [1.29, 1.82) is 0 Å². The Balaban J connectivity index is 1.66. The Morgan fingerprint density at radius 2 is 2.24 bits per heavy atom. The minimum Gasteiger partial charge on any atom is -0.465 e. The fourth-order valence-corrected chi connectivity index (χ4v) is 2.90. The largest absolute Gasteiger partial charge is 0.465 e. The van der Waals surface area contributed by atoms with Crippen LogP contribution in [0.2, 0.25) is 0 Å². The van der Waals surface area contributed by atoms with Crippen LogP contribution in [-0.4, -0.2) is 48.8 Å². The number of hydrogen-bond acceptors (Lipinski definition) is 4. The lowest BCUT2D eigenvalue weighted by atomic mass is 10.0. The molecule has 1 heterocycles. The average Bonchev–Trinajstić information content (AvgIpc) is 2.86. The molecule has 0 bridgehead atoms. The summed E-state index contributed by atoms with van der Waals surface area (Å²) in [5.74, 6) is 0.501. The van der Waals surface area contributed by atoms with Crippen LogP contribution in [0.25, 0.3) is 0 Å². The van der Waals surface area contributed by atoms with Crippen LogP contribution in [0.5, 0.6) is 0 Å². The van der Waals surface area contributed by atoms with Crippen LogP contribution in [0, 0.1) is 11.8 Å². The highest BCUT2D eigenvalue weighted by Gasteiger charge is 2.28. The summed E-state index contributed by atoms with van der Waals surface area (Å²) in [6.45, 7) is 2.46. The first kappa shape index (κ1) is 12.8. The van der Waals surface area contributed by atoms with Crippen LogP contribution in [0.4, 0.5) is 0 Å². The number of nitrogens with zero attached hydrogens (tertiary/aromatic N) is 1. The van der Waals surface area contributed by atoms with Crippen molar-refractivity contribution in [1.82, 2.24) is 4.90 Å². The summed E-state index contributed by atoms with van der Waals surface area (Å²) in [7, 11) is 2.07. The van der Waals surface area contributed by atoms with Gasteiger partial charge in [-0.3, -0.25) is 4.79 Å². The van der Waals surface area contributed by atoms with E-state index in [0.717, 1.165) is 45.2 Å². The van der Waals surface area contributed by atoms with Crippen LogP contribution in [0.15, 0.2) is 0 Å². The molecule has 98 valence electrons. The highest BCUT2D eigenvalue weighted by atomic mass is 16.5. The number of cyclic esters (lactones) is 1. The van der Waals surface area contributed by atoms with E-state index in [-0.39, 0.29) is 18.0 Å². The molecule has 1 saturated carbocycles. The van der Waals surface area contributed by atoms with Gasteiger partial charge in [0.15, 0.2) is 0 Å². The number of hydrogen-bond donors (Lipinski definition) is 1. The van der Waals surface area contributed by atoms with E-state index < -0.39 is 0 Å². The number of esters is 1. The molecule has 1 saturated heterocycles. The van der Waals surface area contributed by atoms with Gasteiger partial charge in [-0.2, -0.15) is 0 Å². The van der Waals surface area contributed by atoms with Crippen molar-refractivity contribution in [3.63, 3.8) is 0 Å². The third-order valence-corrected chi connectivity index (χ3v) is 4.07. The van der Waals surface area contributed by atoms with Crippen molar-refractivity contribution in [2.24, 2.45) is 11.8 Å². The summed E-state index contributed by atoms with van der Waals surface area (Å²) in [6, 6.07) is 0. The topological polar surface area (TPSA) is 49.8 Å². The van der Waals surface area contributed by atoms with Gasteiger partial charge >= 0.3 is 5.97 Å². The smallest absolute Gasteiger partial charge is 0.309 e. The summed E-state index contributed by atoms with van der Waals surface area (Å²) in [4.78, 5) is 13.5. The average molecular weight is 241 g/mol. The molecule has 4 heteroatoms. The molecule has 0 aromatic rings. The van der Waals surface area contributed by atoms with Crippen LogP contribution in [0.3, 0.4) is 0 Å². The van der Waals surface area contributed by atoms with Gasteiger partial charge in [-0.15, -0.1) is 0 Å². The zero-order chi connectivity index (χ0) is 12.3. The van der Waals surface area contributed by atoms with E-state index in [1.54, 1.807) is 0 Å². The Morgan fingerprint density at radius 3 is 2.82 bits per heavy atom. The second kappa shape index (κ2) is 5.83. The van der Waals surface area contributed by atoms with Crippen LogP contribution >= 0.6 is 0 Å². The van der Waals surface area contributed by atoms with E-state index in [1.165, 1.54) is 0 Å². The van der Waals surface area contributed by atoms with Gasteiger partial charge in [0.1, 0.15) is 0 Å². The zero-order valence-electron chi connectivity index (χ0n) is 10.6. The molecule has 0 radical (unpaired) electrons. The molecule has 17 heavy (non-hydrogen) atoms. The van der Waals surface area contributed by atoms with Crippen molar-refractivity contribution in [2.75, 3.05) is 26.7 Å². The maximum atomic E-state index is 11.3. The van der Waals surface area contributed by atoms with Crippen molar-refractivity contribution in [2.45, 2.75) is 38.2 Å². The Morgan fingerprint density at radius 1 is 1.41 bits per heavy atom. The number of aliphatic hydroxyl groups is 1. The first-order chi connectivity index (χ1) is 8.16. The van der Waals surface area contributed by atoms with Crippen molar-refractivity contribution in [3.8, 4) is 0 Å². The number of carbonyl (C=O) groups is 1. The van der Waals surface area contributed by atoms with E-state index in [2.05, 4.69) is 11.9 Å². The maximum absolute atomic E-state index is 11.3. The summed E-state index contributed by atoms with van der Waals surface area (Å²) in [6.07, 6.45) is 4.88. The third-order valence-electron chi connectivity index (χ3n) is 4.07. The summed E-state index contributed by atoms with van der Waals surface area (Å²) < 4.78 is 4.95. The minimum atomic E-state index is -0.117. The zero-order valence-corrected chi connectivity index (χ0v) is 10.6. The SMILES string of the molecule is CN(CCC1CCOC1=O)CC1CCCC1O. The lowest BCUT2D eigenvalue weighted by molar-refractivity contribution is -0.141. The van der Waals surface area contributed by atoms with Gasteiger partial charge in [0.05, 0.1) is 18.6 Å². The predicted molar refractivity (Wildman–Crippen MR) is 64.5 cm³/mol. The quantitative estimate of drug-likeness (QED) is 0.730. The Kier molecular flexibility index (Phi) is 4.40. The third kappa shape index (κ3) is 3.42. The second-order valence-electron chi connectivity index (χ2n) is 5.46. The van der Waals surface area contributed by atoms with Crippen molar-refractivity contribution < 1.29 is 14.6 Å². The first-order valence-corrected chi connectivity index (χ1v) is 6.70. The second-order valence-corrected chi connectivity index (χ2v) is 5.46. The Bertz CT molecular complexity index is 269. The molecule has 0 aromatic carbocycles. The van der Waals surface area contributed by atoms with Gasteiger partial charge < -0.3 is 14.7 Å². The first-order valence-electron chi connectivity index (χ1n) is 6.70. The lowest BCUT2D eigenvalue weighted by Gasteiger charge is -2.23. The molecule has 0 spiro atoms. The molecule has 3 unspecified atom stereocenters. The molecule has 0 amide bonds. The lowest BCUT2D eigenvalue weighted by Crippen LogP contribution is -2.31. The molecule has 1 aliphatic heterocycles. The van der Waals surface area contributed by atoms with Crippen LogP contribution in [0.1, 0.15) is 32.1 Å². The van der Waals surface area contributed by atoms with Gasteiger partial charge in [0.2, 0.25) is 0 Å². The van der Waals surface area contributed by atoms with E-state index in [1.807, 2.05) is 0 Å². The minimum absolute atomic E-state index is 0.0284. The highest BCUT2D eigenvalue weighted by molar-refractivity contribution is 5.74. The predicted octanol–water partition coefficient (Wildman–Crippen LogP) is 1.03. The molecule has 1 N–H and O–H groups in total. The molecular weight excluding hydrogens is 218 g/mol. The molecule has 1 aliphatic carbocycles. The standard InChI is InChI=1S/C13H23NO3/c1-14(9-11-3-2-4-12(11)15)7-5-10-6-8-17-13(10)16/h10-12,15H,2-9H2,1H3. The Labute approximate surface area is 103 Å². The normalized spacial score (nSPS) is 33.4. The summed E-state index contributed by atoms with van der Waals surface area (Å²) >= 11 is 0. The monoisotopic (exact) mass is 241 g/mol. The van der Waals surface area contributed by atoms with E-state index >= 15 is 0 Å². The van der Waals surface area contributed by atoms with Gasteiger partial charge in [0.25, 0.3) is 0 Å². The van der Waals surface area contributed by atoms with E-state index in [4.69, 9.17) is 4.74 Å². The van der Waals surface area contributed by atoms with Crippen LogP contribution < -0.4 is 0 Å². The van der Waals surface area contributed by atoms with Crippen LogP contribution in [-0.2, 0) is 9.53 Å².